The Hall–Kier alpha value is -0.113. The summed E-state index contributed by atoms with van der Waals surface area (Å²) in [6, 6.07) is 3.34. The molecule has 0 aromatic heterocycles. The van der Waals surface area contributed by atoms with Crippen molar-refractivity contribution in [2.24, 2.45) is 0 Å². The van der Waals surface area contributed by atoms with Crippen LogP contribution in [0.5, 0.6) is 0 Å². The number of hydrogen-bond acceptors (Lipinski definition) is 1. The smallest absolute Gasteiger partial charge is 0.128 e. The van der Waals surface area contributed by atoms with Gasteiger partial charge in [0.25, 0.3) is 0 Å². The Morgan fingerprint density at radius 1 is 1.11 bits per heavy atom. The number of carbonyl (C=O) groups is 1. The first-order valence-corrected chi connectivity index (χ1v) is 6.41. The first-order valence-electron chi connectivity index (χ1n) is 3.71. The highest BCUT2D eigenvalue weighted by atomic mass is 28.3. The molecule has 0 aliphatic carbocycles. The summed E-state index contributed by atoms with van der Waals surface area (Å²) in [5, 5.41) is 0. The molecule has 0 atom stereocenters. The van der Waals surface area contributed by atoms with Gasteiger partial charge in [0.2, 0.25) is 0 Å². The van der Waals surface area contributed by atoms with Gasteiger partial charge in [-0.1, -0.05) is 38.9 Å². The van der Waals surface area contributed by atoms with Gasteiger partial charge < -0.3 is 4.79 Å². The zero-order valence-corrected chi connectivity index (χ0v) is 7.61. The van der Waals surface area contributed by atoms with E-state index in [9.17, 15) is 4.79 Å². The van der Waals surface area contributed by atoms with E-state index < -0.39 is 8.07 Å². The molecule has 0 aliphatic rings. The lowest BCUT2D eigenvalue weighted by Crippen LogP contribution is -2.33. The molecule has 0 amide bonds. The molecule has 54 valence electrons. The van der Waals surface area contributed by atoms with E-state index in [-0.39, 0.29) is 0 Å². The van der Waals surface area contributed by atoms with Gasteiger partial charge in [0.15, 0.2) is 0 Å². The van der Waals surface area contributed by atoms with Crippen molar-refractivity contribution in [2.45, 2.75) is 38.9 Å². The molecule has 1 nitrogen and oxygen atoms in total. The standard InChI is InChI=1S/C7H16OSi/c1-4-9(5-2,6-3)7-8/h7H,4-6H2,1-3H3. The van der Waals surface area contributed by atoms with Gasteiger partial charge in [0.1, 0.15) is 8.07 Å². The van der Waals surface area contributed by atoms with E-state index in [4.69, 9.17) is 0 Å². The summed E-state index contributed by atoms with van der Waals surface area (Å²) >= 11 is 0. The second-order valence-corrected chi connectivity index (χ2v) is 7.62. The van der Waals surface area contributed by atoms with Gasteiger partial charge in [-0.3, -0.25) is 0 Å². The van der Waals surface area contributed by atoms with E-state index >= 15 is 0 Å². The van der Waals surface area contributed by atoms with Crippen LogP contribution in [0.4, 0.5) is 0 Å². The van der Waals surface area contributed by atoms with Gasteiger partial charge in [-0.25, -0.2) is 0 Å². The monoisotopic (exact) mass is 144 g/mol. The summed E-state index contributed by atoms with van der Waals surface area (Å²) in [4.78, 5) is 10.6. The summed E-state index contributed by atoms with van der Waals surface area (Å²) in [5.74, 6) is 1.24. The fourth-order valence-electron chi connectivity index (χ4n) is 1.00. The molecule has 2 heteroatoms. The molecule has 0 aliphatic heterocycles. The summed E-state index contributed by atoms with van der Waals surface area (Å²) in [7, 11) is -1.37. The molecule has 0 rings (SSSR count). The van der Waals surface area contributed by atoms with E-state index in [2.05, 4.69) is 20.8 Å². The molecule has 0 bridgehead atoms. The van der Waals surface area contributed by atoms with Crippen LogP contribution in [-0.2, 0) is 4.79 Å². The molecular formula is C7H16OSi. The number of hydrogen-bond donors (Lipinski definition) is 0. The topological polar surface area (TPSA) is 17.1 Å². The molecule has 0 N–H and O–H groups in total. The van der Waals surface area contributed by atoms with Crippen LogP contribution in [0.25, 0.3) is 0 Å². The van der Waals surface area contributed by atoms with E-state index in [0.29, 0.717) is 0 Å². The molecule has 9 heavy (non-hydrogen) atoms. The second-order valence-electron chi connectivity index (χ2n) is 2.54. The minimum atomic E-state index is -1.37. The zero-order valence-electron chi connectivity index (χ0n) is 6.61. The predicted octanol–water partition coefficient (Wildman–Crippen LogP) is 2.27. The maximum absolute atomic E-state index is 10.6. The normalized spacial score (nSPS) is 11.4. The molecule has 0 saturated carbocycles. The van der Waals surface area contributed by atoms with Crippen molar-refractivity contribution in [1.29, 1.82) is 0 Å². The lowest BCUT2D eigenvalue weighted by atomic mass is 10.9. The highest BCUT2D eigenvalue weighted by Gasteiger charge is 2.25. The van der Waals surface area contributed by atoms with Gasteiger partial charge in [-0.15, -0.1) is 0 Å². The molecule has 0 aromatic rings. The quantitative estimate of drug-likeness (QED) is 0.437. The van der Waals surface area contributed by atoms with Crippen LogP contribution in [-0.4, -0.2) is 14.0 Å². The SMILES string of the molecule is CC[Si](C=O)(CC)CC. The van der Waals surface area contributed by atoms with Gasteiger partial charge in [0, 0.05) is 0 Å². The van der Waals surface area contributed by atoms with Crippen molar-refractivity contribution >= 4 is 14.0 Å². The first-order chi connectivity index (χ1) is 4.24. The fourth-order valence-corrected chi connectivity index (χ4v) is 3.00. The largest absolute Gasteiger partial charge is 0.309 e. The van der Waals surface area contributed by atoms with E-state index in [1.807, 2.05) is 0 Å². The van der Waals surface area contributed by atoms with Gasteiger partial charge >= 0.3 is 0 Å². The summed E-state index contributed by atoms with van der Waals surface area (Å²) in [5.41, 5.74) is 0. The first kappa shape index (κ1) is 8.89. The fraction of sp³-hybridized carbons (Fsp3) is 0.857. The Bertz CT molecular complexity index is 78.7. The third-order valence-electron chi connectivity index (χ3n) is 2.36. The maximum Gasteiger partial charge on any atom is 0.128 e. The third-order valence-corrected chi connectivity index (χ3v) is 7.09. The molecule has 0 radical (unpaired) electrons. The highest BCUT2D eigenvalue weighted by Crippen LogP contribution is 2.16. The van der Waals surface area contributed by atoms with Crippen LogP contribution in [0.15, 0.2) is 0 Å². The molecule has 0 unspecified atom stereocenters. The van der Waals surface area contributed by atoms with Crippen LogP contribution >= 0.6 is 0 Å². The number of carbonyl (C=O) groups excluding carboxylic acids is 1. The molecule has 0 spiro atoms. The summed E-state index contributed by atoms with van der Waals surface area (Å²) in [6.45, 7) is 6.40. The van der Waals surface area contributed by atoms with Crippen LogP contribution in [0.1, 0.15) is 20.8 Å². The van der Waals surface area contributed by atoms with Crippen molar-refractivity contribution in [1.82, 2.24) is 0 Å². The molecule has 0 aromatic carbocycles. The molecule has 0 fully saturated rings. The Kier molecular flexibility index (Phi) is 3.78. The Labute approximate surface area is 58.5 Å². The maximum atomic E-state index is 10.6. The number of rotatable bonds is 4. The average Bonchev–Trinajstić information content (AvgIpc) is 1.95. The minimum absolute atomic E-state index is 1.11. The van der Waals surface area contributed by atoms with Crippen LogP contribution in [0.3, 0.4) is 0 Å². The van der Waals surface area contributed by atoms with Gasteiger partial charge in [-0.05, 0) is 0 Å². The van der Waals surface area contributed by atoms with Crippen molar-refractivity contribution in [2.75, 3.05) is 0 Å². The summed E-state index contributed by atoms with van der Waals surface area (Å²) < 4.78 is 0. The highest BCUT2D eigenvalue weighted by molar-refractivity contribution is 7.01. The Balaban J connectivity index is 3.98. The second kappa shape index (κ2) is 3.83. The van der Waals surface area contributed by atoms with Crippen molar-refractivity contribution < 1.29 is 4.79 Å². The van der Waals surface area contributed by atoms with E-state index in [1.165, 1.54) is 5.91 Å². The Morgan fingerprint density at radius 2 is 1.44 bits per heavy atom. The Morgan fingerprint density at radius 3 is 1.44 bits per heavy atom. The summed E-state index contributed by atoms with van der Waals surface area (Å²) in [6.07, 6.45) is 0. The minimum Gasteiger partial charge on any atom is -0.309 e. The third kappa shape index (κ3) is 1.93. The molecular weight excluding hydrogens is 128 g/mol. The lowest BCUT2D eigenvalue weighted by molar-refractivity contribution is 0.566. The zero-order chi connectivity index (χ0) is 7.33. The van der Waals surface area contributed by atoms with E-state index in [1.54, 1.807) is 0 Å². The van der Waals surface area contributed by atoms with Crippen LogP contribution in [0, 0.1) is 0 Å². The molecule has 0 heterocycles. The van der Waals surface area contributed by atoms with Crippen LogP contribution in [0.2, 0.25) is 18.1 Å². The van der Waals surface area contributed by atoms with Crippen molar-refractivity contribution in [3.8, 4) is 0 Å². The van der Waals surface area contributed by atoms with Crippen molar-refractivity contribution in [3.63, 3.8) is 0 Å². The lowest BCUT2D eigenvalue weighted by Gasteiger charge is -2.18. The van der Waals surface area contributed by atoms with Crippen molar-refractivity contribution in [3.05, 3.63) is 0 Å². The van der Waals surface area contributed by atoms with Gasteiger partial charge in [-0.2, -0.15) is 0 Å². The van der Waals surface area contributed by atoms with Crippen LogP contribution < -0.4 is 0 Å². The predicted molar refractivity (Wildman–Crippen MR) is 43.9 cm³/mol. The van der Waals surface area contributed by atoms with E-state index in [0.717, 1.165) is 18.1 Å². The molecule has 0 saturated heterocycles. The van der Waals surface area contributed by atoms with Gasteiger partial charge in [0.05, 0.1) is 5.91 Å². The average molecular weight is 144 g/mol.